The second kappa shape index (κ2) is 9.63. The zero-order valence-electron chi connectivity index (χ0n) is 17.1. The van der Waals surface area contributed by atoms with E-state index in [0.717, 1.165) is 43.5 Å². The van der Waals surface area contributed by atoms with Crippen LogP contribution in [-0.2, 0) is 22.6 Å². The lowest BCUT2D eigenvalue weighted by atomic mass is 9.91. The maximum absolute atomic E-state index is 13.5. The number of nitrogens with zero attached hydrogens (tertiary/aromatic N) is 2. The highest BCUT2D eigenvalue weighted by Crippen LogP contribution is 2.32. The number of nitrogens with one attached hydrogen (secondary N) is 1. The van der Waals surface area contributed by atoms with Gasteiger partial charge in [0.15, 0.2) is 0 Å². The summed E-state index contributed by atoms with van der Waals surface area (Å²) in [5.74, 6) is 0.0631. The van der Waals surface area contributed by atoms with Crippen LogP contribution in [0.4, 0.5) is 0 Å². The fraction of sp³-hybridized carbons (Fsp3) is 0.417. The molecule has 2 heterocycles. The molecule has 0 aromatic heterocycles. The molecule has 0 unspecified atom stereocenters. The first-order valence-corrected chi connectivity index (χ1v) is 11.1. The summed E-state index contributed by atoms with van der Waals surface area (Å²) in [5.41, 5.74) is 3.26. The number of carbonyl (C=O) groups is 2. The van der Waals surface area contributed by atoms with E-state index in [0.29, 0.717) is 18.1 Å². The minimum atomic E-state index is -0.380. The van der Waals surface area contributed by atoms with Crippen molar-refractivity contribution in [3.63, 3.8) is 0 Å². The van der Waals surface area contributed by atoms with Crippen LogP contribution in [0.15, 0.2) is 48.5 Å². The highest BCUT2D eigenvalue weighted by Gasteiger charge is 2.36. The number of halogens is 1. The molecule has 0 aliphatic carbocycles. The Morgan fingerprint density at radius 2 is 1.70 bits per heavy atom. The van der Waals surface area contributed by atoms with Crippen molar-refractivity contribution >= 4 is 23.4 Å². The van der Waals surface area contributed by atoms with Gasteiger partial charge in [0, 0.05) is 31.2 Å². The third-order valence-electron chi connectivity index (χ3n) is 6.03. The van der Waals surface area contributed by atoms with Gasteiger partial charge < -0.3 is 10.2 Å². The first-order valence-electron chi connectivity index (χ1n) is 10.7. The lowest BCUT2D eigenvalue weighted by molar-refractivity contribution is -0.139. The molecule has 2 amide bonds. The SMILES string of the molecule is O=C(CN1CCc2ccccc2[C@H]1C(=O)N1CCCCC1)NCc1ccc(Cl)cc1. The Morgan fingerprint density at radius 1 is 0.967 bits per heavy atom. The molecule has 6 heteroatoms. The number of carbonyl (C=O) groups excluding carboxylic acids is 2. The molecule has 2 aliphatic heterocycles. The van der Waals surface area contributed by atoms with E-state index in [4.69, 9.17) is 11.6 Å². The Balaban J connectivity index is 1.46. The van der Waals surface area contributed by atoms with E-state index in [-0.39, 0.29) is 24.4 Å². The van der Waals surface area contributed by atoms with Crippen molar-refractivity contribution < 1.29 is 9.59 Å². The van der Waals surface area contributed by atoms with E-state index >= 15 is 0 Å². The van der Waals surface area contributed by atoms with Crippen LogP contribution in [0.1, 0.15) is 42.0 Å². The van der Waals surface area contributed by atoms with Gasteiger partial charge in [-0.1, -0.05) is 48.0 Å². The smallest absolute Gasteiger partial charge is 0.244 e. The molecule has 1 fully saturated rings. The highest BCUT2D eigenvalue weighted by atomic mass is 35.5. The summed E-state index contributed by atoms with van der Waals surface area (Å²) in [5, 5.41) is 3.66. The quantitative estimate of drug-likeness (QED) is 0.796. The number of rotatable bonds is 5. The van der Waals surface area contributed by atoms with Gasteiger partial charge in [0.1, 0.15) is 6.04 Å². The molecule has 1 saturated heterocycles. The van der Waals surface area contributed by atoms with E-state index in [2.05, 4.69) is 11.4 Å². The van der Waals surface area contributed by atoms with Crippen LogP contribution in [0.5, 0.6) is 0 Å². The molecule has 0 saturated carbocycles. The van der Waals surface area contributed by atoms with Crippen LogP contribution in [-0.4, -0.2) is 47.8 Å². The summed E-state index contributed by atoms with van der Waals surface area (Å²) in [6.07, 6.45) is 4.15. The van der Waals surface area contributed by atoms with Crippen LogP contribution in [0, 0.1) is 0 Å². The average molecular weight is 426 g/mol. The number of amides is 2. The Labute approximate surface area is 183 Å². The van der Waals surface area contributed by atoms with E-state index in [1.807, 2.05) is 52.3 Å². The van der Waals surface area contributed by atoms with Gasteiger partial charge in [-0.15, -0.1) is 0 Å². The minimum absolute atomic E-state index is 0.0687. The molecule has 2 aromatic carbocycles. The predicted molar refractivity (Wildman–Crippen MR) is 118 cm³/mol. The number of likely N-dealkylation sites (tertiary alicyclic amines) is 1. The van der Waals surface area contributed by atoms with Gasteiger partial charge in [0.2, 0.25) is 11.8 Å². The molecule has 2 aromatic rings. The Morgan fingerprint density at radius 3 is 2.47 bits per heavy atom. The molecule has 4 rings (SSSR count). The van der Waals surface area contributed by atoms with E-state index in [9.17, 15) is 9.59 Å². The zero-order chi connectivity index (χ0) is 20.9. The summed E-state index contributed by atoms with van der Waals surface area (Å²) < 4.78 is 0. The number of benzene rings is 2. The van der Waals surface area contributed by atoms with Gasteiger partial charge in [-0.2, -0.15) is 0 Å². The fourth-order valence-electron chi connectivity index (χ4n) is 4.41. The predicted octanol–water partition coefficient (Wildman–Crippen LogP) is 3.57. The molecule has 1 N–H and O–H groups in total. The zero-order valence-corrected chi connectivity index (χ0v) is 17.9. The van der Waals surface area contributed by atoms with Crippen molar-refractivity contribution in [1.29, 1.82) is 0 Å². The Hall–Kier alpha value is -2.37. The number of piperidine rings is 1. The summed E-state index contributed by atoms with van der Waals surface area (Å²) in [7, 11) is 0. The first kappa shape index (κ1) is 20.9. The third kappa shape index (κ3) is 4.85. The topological polar surface area (TPSA) is 52.7 Å². The van der Waals surface area contributed by atoms with Gasteiger partial charge in [-0.3, -0.25) is 14.5 Å². The summed E-state index contributed by atoms with van der Waals surface area (Å²) >= 11 is 5.92. The van der Waals surface area contributed by atoms with E-state index < -0.39 is 0 Å². The highest BCUT2D eigenvalue weighted by molar-refractivity contribution is 6.30. The normalized spacial score (nSPS) is 19.2. The maximum Gasteiger partial charge on any atom is 0.244 e. The van der Waals surface area contributed by atoms with Crippen molar-refractivity contribution in [2.24, 2.45) is 0 Å². The number of hydrogen-bond donors (Lipinski definition) is 1. The van der Waals surface area contributed by atoms with Crippen molar-refractivity contribution in [3.8, 4) is 0 Å². The first-order chi connectivity index (χ1) is 14.6. The average Bonchev–Trinajstić information content (AvgIpc) is 2.79. The molecule has 2 aliphatic rings. The van der Waals surface area contributed by atoms with Gasteiger partial charge in [0.05, 0.1) is 6.54 Å². The van der Waals surface area contributed by atoms with Gasteiger partial charge >= 0.3 is 0 Å². The Kier molecular flexibility index (Phi) is 6.70. The van der Waals surface area contributed by atoms with Crippen molar-refractivity contribution in [1.82, 2.24) is 15.1 Å². The maximum atomic E-state index is 13.5. The Bertz CT molecular complexity index is 894. The monoisotopic (exact) mass is 425 g/mol. The molecule has 0 bridgehead atoms. The van der Waals surface area contributed by atoms with E-state index in [1.54, 1.807) is 0 Å². The van der Waals surface area contributed by atoms with Crippen molar-refractivity contribution in [3.05, 3.63) is 70.2 Å². The van der Waals surface area contributed by atoms with Crippen LogP contribution in [0.2, 0.25) is 5.02 Å². The second-order valence-electron chi connectivity index (χ2n) is 8.11. The second-order valence-corrected chi connectivity index (χ2v) is 8.55. The van der Waals surface area contributed by atoms with Crippen LogP contribution in [0.3, 0.4) is 0 Å². The fourth-order valence-corrected chi connectivity index (χ4v) is 4.53. The lowest BCUT2D eigenvalue weighted by Crippen LogP contribution is -2.50. The van der Waals surface area contributed by atoms with Gasteiger partial charge in [-0.25, -0.2) is 0 Å². The summed E-state index contributed by atoms with van der Waals surface area (Å²) in [6.45, 7) is 3.00. The van der Waals surface area contributed by atoms with Crippen molar-refractivity contribution in [2.45, 2.75) is 38.3 Å². The molecule has 158 valence electrons. The molecule has 0 radical (unpaired) electrons. The summed E-state index contributed by atoms with van der Waals surface area (Å²) in [6, 6.07) is 15.2. The van der Waals surface area contributed by atoms with Crippen LogP contribution in [0.25, 0.3) is 0 Å². The molecule has 5 nitrogen and oxygen atoms in total. The van der Waals surface area contributed by atoms with Crippen LogP contribution < -0.4 is 5.32 Å². The van der Waals surface area contributed by atoms with Gasteiger partial charge in [-0.05, 0) is 54.5 Å². The molecular weight excluding hydrogens is 398 g/mol. The van der Waals surface area contributed by atoms with Gasteiger partial charge in [0.25, 0.3) is 0 Å². The lowest BCUT2D eigenvalue weighted by Gasteiger charge is -2.39. The third-order valence-corrected chi connectivity index (χ3v) is 6.29. The standard InChI is InChI=1S/C24H28ClN3O2/c25-20-10-8-18(9-11-20)16-26-22(29)17-28-15-12-19-6-2-3-7-21(19)23(28)24(30)27-13-4-1-5-14-27/h2-3,6-11,23H,1,4-5,12-17H2,(H,26,29)/t23-/m0/s1. The van der Waals surface area contributed by atoms with Crippen molar-refractivity contribution in [2.75, 3.05) is 26.2 Å². The van der Waals surface area contributed by atoms with E-state index in [1.165, 1.54) is 12.0 Å². The minimum Gasteiger partial charge on any atom is -0.351 e. The number of fused-ring (bicyclic) bond motifs is 1. The molecule has 0 spiro atoms. The molecule has 30 heavy (non-hydrogen) atoms. The number of hydrogen-bond acceptors (Lipinski definition) is 3. The molecular formula is C24H28ClN3O2. The summed E-state index contributed by atoms with van der Waals surface area (Å²) in [4.78, 5) is 30.2. The molecule has 1 atom stereocenters. The van der Waals surface area contributed by atoms with Crippen LogP contribution >= 0.6 is 11.6 Å². The largest absolute Gasteiger partial charge is 0.351 e.